The molecule has 0 aromatic heterocycles. The lowest BCUT2D eigenvalue weighted by molar-refractivity contribution is 0.179. The zero-order valence-electron chi connectivity index (χ0n) is 15.0. The summed E-state index contributed by atoms with van der Waals surface area (Å²) in [6, 6.07) is 17.7. The van der Waals surface area contributed by atoms with Crippen LogP contribution in [0.15, 0.2) is 59.5 Å². The first-order valence-corrected chi connectivity index (χ1v) is 10.7. The standard InChI is InChI=1S/C21H25NO3S/c1-16-7-10-19(11-8-16)26(23,24)25-15-20-18-9-12-21(20)22(14-18)13-17-5-3-2-4-6-17/h2-8,10-11,18,20-21H,9,12-15H2,1H3. The Morgan fingerprint density at radius 3 is 2.50 bits per heavy atom. The number of rotatable bonds is 6. The van der Waals surface area contributed by atoms with Crippen LogP contribution in [0.3, 0.4) is 0 Å². The highest BCUT2D eigenvalue weighted by Crippen LogP contribution is 2.43. The highest BCUT2D eigenvalue weighted by atomic mass is 32.2. The first-order chi connectivity index (χ1) is 12.5. The minimum absolute atomic E-state index is 0.245. The lowest BCUT2D eigenvalue weighted by atomic mass is 10.00. The smallest absolute Gasteiger partial charge is 0.295 e. The van der Waals surface area contributed by atoms with E-state index < -0.39 is 10.1 Å². The molecule has 1 heterocycles. The van der Waals surface area contributed by atoms with Crippen LogP contribution in [0.1, 0.15) is 24.0 Å². The molecular formula is C21H25NO3S. The summed E-state index contributed by atoms with van der Waals surface area (Å²) in [5.41, 5.74) is 2.35. The van der Waals surface area contributed by atoms with Gasteiger partial charge in [0.15, 0.2) is 0 Å². The number of fused-ring (bicyclic) bond motifs is 2. The van der Waals surface area contributed by atoms with Gasteiger partial charge in [-0.2, -0.15) is 8.42 Å². The summed E-state index contributed by atoms with van der Waals surface area (Å²) in [6.45, 7) is 4.20. The van der Waals surface area contributed by atoms with Crippen LogP contribution < -0.4 is 0 Å². The second-order valence-corrected chi connectivity index (χ2v) is 9.15. The van der Waals surface area contributed by atoms with E-state index in [2.05, 4.69) is 29.2 Å². The minimum Gasteiger partial charge on any atom is -0.295 e. The number of piperidine rings is 1. The third kappa shape index (κ3) is 3.56. The Morgan fingerprint density at radius 2 is 1.77 bits per heavy atom. The fourth-order valence-corrected chi connectivity index (χ4v) is 5.37. The van der Waals surface area contributed by atoms with E-state index in [4.69, 9.17) is 4.18 Å². The van der Waals surface area contributed by atoms with Crippen molar-refractivity contribution in [3.05, 3.63) is 65.7 Å². The average molecular weight is 372 g/mol. The van der Waals surface area contributed by atoms with E-state index in [9.17, 15) is 8.42 Å². The molecule has 2 bridgehead atoms. The lowest BCUT2D eigenvalue weighted by Gasteiger charge is -2.27. The summed E-state index contributed by atoms with van der Waals surface area (Å²) >= 11 is 0. The molecule has 2 aromatic carbocycles. The molecule has 2 aliphatic rings. The van der Waals surface area contributed by atoms with Gasteiger partial charge in [-0.25, -0.2) is 0 Å². The molecule has 26 heavy (non-hydrogen) atoms. The predicted molar refractivity (Wildman–Crippen MR) is 101 cm³/mol. The number of likely N-dealkylation sites (tertiary alicyclic amines) is 1. The summed E-state index contributed by atoms with van der Waals surface area (Å²) in [5, 5.41) is 0. The van der Waals surface area contributed by atoms with Gasteiger partial charge in [-0.3, -0.25) is 9.08 Å². The molecule has 138 valence electrons. The van der Waals surface area contributed by atoms with Crippen molar-refractivity contribution >= 4 is 10.1 Å². The van der Waals surface area contributed by atoms with E-state index in [1.807, 2.05) is 13.0 Å². The minimum atomic E-state index is -3.68. The first kappa shape index (κ1) is 17.7. The van der Waals surface area contributed by atoms with E-state index in [1.54, 1.807) is 24.3 Å². The second kappa shape index (κ2) is 7.14. The molecule has 2 aromatic rings. The SMILES string of the molecule is Cc1ccc(S(=O)(=O)OCC2C3CCC2N(Cc2ccccc2)C3)cc1. The third-order valence-electron chi connectivity index (χ3n) is 5.82. The number of hydrogen-bond acceptors (Lipinski definition) is 4. The van der Waals surface area contributed by atoms with Gasteiger partial charge < -0.3 is 0 Å². The largest absolute Gasteiger partial charge is 0.296 e. The Hall–Kier alpha value is -1.69. The Kier molecular flexibility index (Phi) is 4.86. The monoisotopic (exact) mass is 371 g/mol. The average Bonchev–Trinajstić information content (AvgIpc) is 3.18. The molecule has 0 amide bonds. The van der Waals surface area contributed by atoms with Gasteiger partial charge in [-0.05, 0) is 43.4 Å². The molecule has 4 nitrogen and oxygen atoms in total. The second-order valence-electron chi connectivity index (χ2n) is 7.54. The van der Waals surface area contributed by atoms with Crippen LogP contribution in [0, 0.1) is 18.8 Å². The van der Waals surface area contributed by atoms with Crippen LogP contribution in [0.2, 0.25) is 0 Å². The van der Waals surface area contributed by atoms with Gasteiger partial charge in [0.25, 0.3) is 10.1 Å². The normalized spacial score (nSPS) is 25.7. The van der Waals surface area contributed by atoms with Crippen molar-refractivity contribution in [1.29, 1.82) is 0 Å². The van der Waals surface area contributed by atoms with Gasteiger partial charge in [0.1, 0.15) is 0 Å². The van der Waals surface area contributed by atoms with Crippen LogP contribution in [0.25, 0.3) is 0 Å². The van der Waals surface area contributed by atoms with Crippen molar-refractivity contribution in [1.82, 2.24) is 4.90 Å². The highest BCUT2D eigenvalue weighted by Gasteiger charge is 2.47. The van der Waals surface area contributed by atoms with Crippen LogP contribution in [0.5, 0.6) is 0 Å². The predicted octanol–water partition coefficient (Wildman–Crippen LogP) is 3.61. The number of aryl methyl sites for hydroxylation is 1. The zero-order chi connectivity index (χ0) is 18.1. The fourth-order valence-electron chi connectivity index (χ4n) is 4.43. The Labute approximate surface area is 155 Å². The molecule has 2 fully saturated rings. The molecule has 5 heteroatoms. The van der Waals surface area contributed by atoms with Crippen molar-refractivity contribution < 1.29 is 12.6 Å². The number of nitrogens with zero attached hydrogens (tertiary/aromatic N) is 1. The molecule has 0 N–H and O–H groups in total. The molecule has 1 aliphatic carbocycles. The van der Waals surface area contributed by atoms with Gasteiger partial charge in [-0.15, -0.1) is 0 Å². The zero-order valence-corrected chi connectivity index (χ0v) is 15.9. The van der Waals surface area contributed by atoms with E-state index in [-0.39, 0.29) is 11.5 Å². The quantitative estimate of drug-likeness (QED) is 0.728. The maximum absolute atomic E-state index is 12.5. The molecule has 1 aliphatic heterocycles. The summed E-state index contributed by atoms with van der Waals surface area (Å²) in [7, 11) is -3.68. The van der Waals surface area contributed by atoms with Gasteiger partial charge in [0.2, 0.25) is 0 Å². The van der Waals surface area contributed by atoms with E-state index in [0.29, 0.717) is 17.9 Å². The Balaban J connectivity index is 1.40. The maximum Gasteiger partial charge on any atom is 0.296 e. The van der Waals surface area contributed by atoms with Crippen LogP contribution in [0.4, 0.5) is 0 Å². The van der Waals surface area contributed by atoms with Crippen molar-refractivity contribution in [3.8, 4) is 0 Å². The molecule has 1 saturated carbocycles. The van der Waals surface area contributed by atoms with E-state index in [0.717, 1.165) is 25.1 Å². The summed E-state index contributed by atoms with van der Waals surface area (Å²) in [6.07, 6.45) is 2.31. The van der Waals surface area contributed by atoms with Crippen molar-refractivity contribution in [2.75, 3.05) is 13.2 Å². The van der Waals surface area contributed by atoms with E-state index in [1.165, 1.54) is 12.0 Å². The highest BCUT2D eigenvalue weighted by molar-refractivity contribution is 7.86. The van der Waals surface area contributed by atoms with E-state index >= 15 is 0 Å². The van der Waals surface area contributed by atoms with Crippen LogP contribution in [-0.2, 0) is 20.8 Å². The van der Waals surface area contributed by atoms with Crippen molar-refractivity contribution in [2.24, 2.45) is 11.8 Å². The van der Waals surface area contributed by atoms with Gasteiger partial charge in [-0.1, -0.05) is 48.0 Å². The molecule has 0 spiro atoms. The molecule has 1 saturated heterocycles. The molecule has 3 unspecified atom stereocenters. The summed E-state index contributed by atoms with van der Waals surface area (Å²) in [5.74, 6) is 0.843. The third-order valence-corrected chi connectivity index (χ3v) is 7.12. The van der Waals surface area contributed by atoms with Crippen LogP contribution >= 0.6 is 0 Å². The summed E-state index contributed by atoms with van der Waals surface area (Å²) < 4.78 is 30.4. The molecule has 3 atom stereocenters. The lowest BCUT2D eigenvalue weighted by Crippen LogP contribution is -2.33. The van der Waals surface area contributed by atoms with Gasteiger partial charge >= 0.3 is 0 Å². The van der Waals surface area contributed by atoms with Gasteiger partial charge in [0.05, 0.1) is 11.5 Å². The molecule has 4 rings (SSSR count). The molecule has 0 radical (unpaired) electrons. The Bertz CT molecular complexity index is 849. The maximum atomic E-state index is 12.5. The van der Waals surface area contributed by atoms with Crippen LogP contribution in [-0.4, -0.2) is 32.5 Å². The van der Waals surface area contributed by atoms with Crippen molar-refractivity contribution in [2.45, 2.75) is 37.2 Å². The van der Waals surface area contributed by atoms with Crippen molar-refractivity contribution in [3.63, 3.8) is 0 Å². The molecular weight excluding hydrogens is 346 g/mol. The first-order valence-electron chi connectivity index (χ1n) is 9.27. The fraction of sp³-hybridized carbons (Fsp3) is 0.429. The number of benzene rings is 2. The summed E-state index contributed by atoms with van der Waals surface area (Å²) in [4.78, 5) is 2.74. The van der Waals surface area contributed by atoms with Gasteiger partial charge in [0, 0.05) is 25.0 Å². The topological polar surface area (TPSA) is 46.6 Å². The Morgan fingerprint density at radius 1 is 1.04 bits per heavy atom. The number of hydrogen-bond donors (Lipinski definition) is 0.